The van der Waals surface area contributed by atoms with Gasteiger partial charge in [-0.1, -0.05) is 18.2 Å². The van der Waals surface area contributed by atoms with Gasteiger partial charge in [0, 0.05) is 13.1 Å². The Morgan fingerprint density at radius 2 is 1.94 bits per heavy atom. The molecule has 0 fully saturated rings. The molecule has 0 unspecified atom stereocenters. The molecule has 0 saturated heterocycles. The molecule has 0 spiro atoms. The van der Waals surface area contributed by atoms with E-state index in [-0.39, 0.29) is 5.91 Å². The molecule has 17 heavy (non-hydrogen) atoms. The summed E-state index contributed by atoms with van der Waals surface area (Å²) in [6.07, 6.45) is 0. The summed E-state index contributed by atoms with van der Waals surface area (Å²) in [4.78, 5) is 11.8. The zero-order valence-electron chi connectivity index (χ0n) is 11.1. The molecule has 0 aromatic heterocycles. The summed E-state index contributed by atoms with van der Waals surface area (Å²) in [5, 5.41) is 2.92. The summed E-state index contributed by atoms with van der Waals surface area (Å²) in [7, 11) is 0. The fourth-order valence-corrected chi connectivity index (χ4v) is 1.43. The molecule has 1 aromatic carbocycles. The van der Waals surface area contributed by atoms with Gasteiger partial charge in [-0.2, -0.15) is 0 Å². The van der Waals surface area contributed by atoms with Crippen molar-refractivity contribution in [2.75, 3.05) is 6.54 Å². The molecule has 94 valence electrons. The SMILES string of the molecule is Cc1ccc(CNC(=O)C(C)(C)CN)cc1C. The second-order valence-electron chi connectivity index (χ2n) is 5.19. The Bertz CT molecular complexity index is 411. The number of rotatable bonds is 4. The third-order valence-electron chi connectivity index (χ3n) is 3.15. The Balaban J connectivity index is 2.62. The molecule has 3 heteroatoms. The van der Waals surface area contributed by atoms with Crippen LogP contribution < -0.4 is 11.1 Å². The van der Waals surface area contributed by atoms with E-state index < -0.39 is 5.41 Å². The van der Waals surface area contributed by atoms with Gasteiger partial charge in [-0.05, 0) is 44.4 Å². The highest BCUT2D eigenvalue weighted by Crippen LogP contribution is 2.13. The third-order valence-corrected chi connectivity index (χ3v) is 3.15. The average molecular weight is 234 g/mol. The number of carbonyl (C=O) groups is 1. The van der Waals surface area contributed by atoms with Crippen LogP contribution in [0.5, 0.6) is 0 Å². The molecule has 0 aliphatic rings. The van der Waals surface area contributed by atoms with E-state index in [1.54, 1.807) is 0 Å². The maximum absolute atomic E-state index is 11.8. The Labute approximate surface area is 103 Å². The van der Waals surface area contributed by atoms with Crippen LogP contribution in [0.25, 0.3) is 0 Å². The number of aryl methyl sites for hydroxylation is 2. The molecular weight excluding hydrogens is 212 g/mol. The zero-order chi connectivity index (χ0) is 13.1. The number of amides is 1. The van der Waals surface area contributed by atoms with Crippen molar-refractivity contribution in [1.82, 2.24) is 5.32 Å². The van der Waals surface area contributed by atoms with Crippen LogP contribution in [0.2, 0.25) is 0 Å². The highest BCUT2D eigenvalue weighted by Gasteiger charge is 2.25. The van der Waals surface area contributed by atoms with Crippen LogP contribution >= 0.6 is 0 Å². The molecule has 1 aromatic rings. The molecule has 0 radical (unpaired) electrons. The van der Waals surface area contributed by atoms with Gasteiger partial charge in [-0.15, -0.1) is 0 Å². The first-order valence-electron chi connectivity index (χ1n) is 5.91. The lowest BCUT2D eigenvalue weighted by Crippen LogP contribution is -2.41. The lowest BCUT2D eigenvalue weighted by molar-refractivity contribution is -0.129. The van der Waals surface area contributed by atoms with Crippen molar-refractivity contribution in [3.63, 3.8) is 0 Å². The molecule has 0 aliphatic heterocycles. The molecule has 0 atom stereocenters. The van der Waals surface area contributed by atoms with Crippen LogP contribution in [0.15, 0.2) is 18.2 Å². The number of benzene rings is 1. The molecule has 0 bridgehead atoms. The average Bonchev–Trinajstić information content (AvgIpc) is 2.30. The van der Waals surface area contributed by atoms with Crippen LogP contribution in [0.1, 0.15) is 30.5 Å². The Morgan fingerprint density at radius 1 is 1.29 bits per heavy atom. The quantitative estimate of drug-likeness (QED) is 0.836. The fourth-order valence-electron chi connectivity index (χ4n) is 1.43. The molecule has 1 rings (SSSR count). The van der Waals surface area contributed by atoms with Crippen LogP contribution in [0.4, 0.5) is 0 Å². The number of hydrogen-bond donors (Lipinski definition) is 2. The minimum absolute atomic E-state index is 0.00164. The molecule has 0 aliphatic carbocycles. The van der Waals surface area contributed by atoms with E-state index in [0.29, 0.717) is 13.1 Å². The van der Waals surface area contributed by atoms with Crippen LogP contribution in [-0.4, -0.2) is 12.5 Å². The smallest absolute Gasteiger partial charge is 0.227 e. The van der Waals surface area contributed by atoms with E-state index in [4.69, 9.17) is 5.73 Å². The predicted molar refractivity (Wildman–Crippen MR) is 70.6 cm³/mol. The minimum Gasteiger partial charge on any atom is -0.352 e. The summed E-state index contributed by atoms with van der Waals surface area (Å²) >= 11 is 0. The Morgan fingerprint density at radius 3 is 2.47 bits per heavy atom. The van der Waals surface area contributed by atoms with Crippen LogP contribution in [-0.2, 0) is 11.3 Å². The van der Waals surface area contributed by atoms with E-state index >= 15 is 0 Å². The van der Waals surface area contributed by atoms with Gasteiger partial charge in [0.05, 0.1) is 5.41 Å². The summed E-state index contributed by atoms with van der Waals surface area (Å²) in [6.45, 7) is 8.76. The topological polar surface area (TPSA) is 55.1 Å². The standard InChI is InChI=1S/C14H22N2O/c1-10-5-6-12(7-11(10)2)8-16-13(17)14(3,4)9-15/h5-7H,8-9,15H2,1-4H3,(H,16,17). The number of nitrogens with one attached hydrogen (secondary N) is 1. The second kappa shape index (κ2) is 5.32. The van der Waals surface area contributed by atoms with Gasteiger partial charge in [0.2, 0.25) is 5.91 Å². The maximum Gasteiger partial charge on any atom is 0.227 e. The normalized spacial score (nSPS) is 11.4. The van der Waals surface area contributed by atoms with Crippen molar-refractivity contribution in [2.24, 2.45) is 11.1 Å². The molecule has 0 saturated carbocycles. The summed E-state index contributed by atoms with van der Waals surface area (Å²) < 4.78 is 0. The van der Waals surface area contributed by atoms with Crippen molar-refractivity contribution in [2.45, 2.75) is 34.2 Å². The Kier molecular flexibility index (Phi) is 4.29. The van der Waals surface area contributed by atoms with Gasteiger partial charge in [0.1, 0.15) is 0 Å². The molecule has 3 N–H and O–H groups in total. The van der Waals surface area contributed by atoms with Gasteiger partial charge in [0.25, 0.3) is 0 Å². The van der Waals surface area contributed by atoms with Crippen molar-refractivity contribution < 1.29 is 4.79 Å². The van der Waals surface area contributed by atoms with Gasteiger partial charge in [-0.25, -0.2) is 0 Å². The van der Waals surface area contributed by atoms with Crippen molar-refractivity contribution in [1.29, 1.82) is 0 Å². The van der Waals surface area contributed by atoms with Crippen LogP contribution in [0, 0.1) is 19.3 Å². The lowest BCUT2D eigenvalue weighted by Gasteiger charge is -2.21. The van der Waals surface area contributed by atoms with Gasteiger partial charge in [0.15, 0.2) is 0 Å². The van der Waals surface area contributed by atoms with Gasteiger partial charge < -0.3 is 11.1 Å². The van der Waals surface area contributed by atoms with Gasteiger partial charge in [-0.3, -0.25) is 4.79 Å². The first kappa shape index (κ1) is 13.7. The minimum atomic E-state index is -0.500. The summed E-state index contributed by atoms with van der Waals surface area (Å²) in [6, 6.07) is 6.22. The van der Waals surface area contributed by atoms with E-state index in [1.807, 2.05) is 19.9 Å². The molecule has 1 amide bonds. The monoisotopic (exact) mass is 234 g/mol. The number of carbonyl (C=O) groups excluding carboxylic acids is 1. The Hall–Kier alpha value is -1.35. The predicted octanol–water partition coefficient (Wildman–Crippen LogP) is 1.90. The highest BCUT2D eigenvalue weighted by molar-refractivity contribution is 5.82. The largest absolute Gasteiger partial charge is 0.352 e. The molecular formula is C14H22N2O. The molecule has 0 heterocycles. The first-order chi connectivity index (χ1) is 7.86. The van der Waals surface area contributed by atoms with E-state index in [2.05, 4.69) is 31.3 Å². The third kappa shape index (κ3) is 3.56. The first-order valence-corrected chi connectivity index (χ1v) is 5.91. The van der Waals surface area contributed by atoms with Crippen molar-refractivity contribution in [3.05, 3.63) is 34.9 Å². The summed E-state index contributed by atoms with van der Waals surface area (Å²) in [5.74, 6) is -0.00164. The van der Waals surface area contributed by atoms with Crippen molar-refractivity contribution >= 4 is 5.91 Å². The van der Waals surface area contributed by atoms with Gasteiger partial charge >= 0.3 is 0 Å². The number of nitrogens with two attached hydrogens (primary N) is 1. The number of hydrogen-bond acceptors (Lipinski definition) is 2. The van der Waals surface area contributed by atoms with Crippen molar-refractivity contribution in [3.8, 4) is 0 Å². The second-order valence-corrected chi connectivity index (χ2v) is 5.19. The zero-order valence-corrected chi connectivity index (χ0v) is 11.1. The maximum atomic E-state index is 11.8. The fraction of sp³-hybridized carbons (Fsp3) is 0.500. The lowest BCUT2D eigenvalue weighted by atomic mass is 9.92. The van der Waals surface area contributed by atoms with E-state index in [1.165, 1.54) is 11.1 Å². The van der Waals surface area contributed by atoms with Crippen LogP contribution in [0.3, 0.4) is 0 Å². The van der Waals surface area contributed by atoms with E-state index in [0.717, 1.165) is 5.56 Å². The highest BCUT2D eigenvalue weighted by atomic mass is 16.2. The van der Waals surface area contributed by atoms with E-state index in [9.17, 15) is 4.79 Å². The molecule has 3 nitrogen and oxygen atoms in total. The summed E-state index contributed by atoms with van der Waals surface area (Å²) in [5.41, 5.74) is 8.69.